The summed E-state index contributed by atoms with van der Waals surface area (Å²) in [5.74, 6) is -0.303. The second kappa shape index (κ2) is 8.42. The Morgan fingerprint density at radius 2 is 1.93 bits per heavy atom. The van der Waals surface area contributed by atoms with Gasteiger partial charge in [-0.05, 0) is 5.56 Å². The molecule has 0 aliphatic heterocycles. The highest BCUT2D eigenvalue weighted by molar-refractivity contribution is 5.69. The highest BCUT2D eigenvalue weighted by Crippen LogP contribution is 2.12. The van der Waals surface area contributed by atoms with Crippen LogP contribution in [0.4, 0.5) is 0 Å². The smallest absolute Gasteiger partial charge is 0.332 e. The van der Waals surface area contributed by atoms with Crippen molar-refractivity contribution in [2.45, 2.75) is 12.6 Å². The lowest BCUT2D eigenvalue weighted by Crippen LogP contribution is -3.00. The predicted octanol–water partition coefficient (Wildman–Crippen LogP) is -5.87. The molecule has 0 aromatic carbocycles. The number of pyridine rings is 1. The number of rotatable bonds is 6. The van der Waals surface area contributed by atoms with Crippen LogP contribution in [0, 0.1) is 0 Å². The molecule has 1 unspecified atom stereocenters. The Morgan fingerprint density at radius 3 is 2.61 bits per heavy atom. The van der Waals surface area contributed by atoms with Crippen molar-refractivity contribution in [1.29, 1.82) is 0 Å². The van der Waals surface area contributed by atoms with Gasteiger partial charge in [-0.25, -0.2) is 9.78 Å². The van der Waals surface area contributed by atoms with E-state index in [1.54, 1.807) is 11.6 Å². The quantitative estimate of drug-likeness (QED) is 0.296. The highest BCUT2D eigenvalue weighted by Gasteiger charge is 2.15. The van der Waals surface area contributed by atoms with Crippen molar-refractivity contribution in [1.82, 2.24) is 23.7 Å². The van der Waals surface area contributed by atoms with E-state index in [1.807, 2.05) is 5.32 Å². The molecule has 11 nitrogen and oxygen atoms in total. The molecule has 3 rings (SSSR count). The maximum absolute atomic E-state index is 12.4. The molecule has 12 heteroatoms. The largest absolute Gasteiger partial charge is 1.00 e. The van der Waals surface area contributed by atoms with E-state index in [4.69, 9.17) is 0 Å². The van der Waals surface area contributed by atoms with E-state index >= 15 is 0 Å². The van der Waals surface area contributed by atoms with Gasteiger partial charge in [-0.3, -0.25) is 23.7 Å². The fraction of sp³-hybridized carbons (Fsp3) is 0.375. The lowest BCUT2D eigenvalue weighted by molar-refractivity contribution is -0.662. The van der Waals surface area contributed by atoms with Crippen LogP contribution in [0.5, 0.6) is 5.88 Å². The van der Waals surface area contributed by atoms with Gasteiger partial charge in [0.25, 0.3) is 11.1 Å². The first-order chi connectivity index (χ1) is 12.8. The number of nitrogens with zero attached hydrogens (tertiary/aromatic N) is 4. The van der Waals surface area contributed by atoms with Gasteiger partial charge in [0.15, 0.2) is 17.0 Å². The maximum Gasteiger partial charge on any atom is 0.332 e. The number of nitrogens with one attached hydrogen (secondary N) is 1. The number of aryl methyl sites for hydroxylation is 1. The highest BCUT2D eigenvalue weighted by atomic mass is 35.5. The molecule has 0 bridgehead atoms. The molecule has 3 aromatic heterocycles. The Labute approximate surface area is 164 Å². The van der Waals surface area contributed by atoms with Crippen LogP contribution in [0.25, 0.3) is 11.2 Å². The summed E-state index contributed by atoms with van der Waals surface area (Å²) in [5.41, 5.74) is -0.354. The number of quaternary nitrogens is 1. The van der Waals surface area contributed by atoms with Crippen molar-refractivity contribution < 1.29 is 27.9 Å². The summed E-state index contributed by atoms with van der Waals surface area (Å²) in [5, 5.41) is 21.3. The predicted molar refractivity (Wildman–Crippen MR) is 95.6 cm³/mol. The number of hydrogen-bond donors (Lipinski definition) is 4. The van der Waals surface area contributed by atoms with Crippen molar-refractivity contribution in [3.8, 4) is 5.88 Å². The summed E-state index contributed by atoms with van der Waals surface area (Å²) in [4.78, 5) is 42.0. The molecule has 0 aliphatic rings. The van der Waals surface area contributed by atoms with Crippen molar-refractivity contribution in [3.63, 3.8) is 0 Å². The van der Waals surface area contributed by atoms with E-state index < -0.39 is 22.9 Å². The zero-order valence-electron chi connectivity index (χ0n) is 15.3. The number of halogens is 1. The number of aliphatic hydroxyl groups excluding tert-OH is 1. The molecule has 5 N–H and O–H groups in total. The fourth-order valence-electron chi connectivity index (χ4n) is 2.95. The van der Waals surface area contributed by atoms with Gasteiger partial charge in [0, 0.05) is 26.2 Å². The van der Waals surface area contributed by atoms with Crippen LogP contribution in [0.1, 0.15) is 11.7 Å². The van der Waals surface area contributed by atoms with Gasteiger partial charge in [0.2, 0.25) is 0 Å². The summed E-state index contributed by atoms with van der Waals surface area (Å²) >= 11 is 0. The number of aromatic amines is 1. The first-order valence-electron chi connectivity index (χ1n) is 8.33. The number of aromatic hydroxyl groups is 1. The van der Waals surface area contributed by atoms with Crippen molar-refractivity contribution in [2.24, 2.45) is 14.1 Å². The SMILES string of the molecule is Cn1c(=O)c2c(ncn2CC[NH2+]CC(O)c2cc(O)[nH]c(=O)c2)n(C)c1=O.[Cl-]. The Morgan fingerprint density at radius 1 is 1.21 bits per heavy atom. The summed E-state index contributed by atoms with van der Waals surface area (Å²) in [6, 6.07) is 2.53. The third-order valence-electron chi connectivity index (χ3n) is 4.42. The van der Waals surface area contributed by atoms with Crippen LogP contribution in [-0.2, 0) is 20.6 Å². The Kier molecular flexibility index (Phi) is 6.44. The molecule has 1 atom stereocenters. The monoisotopic (exact) mass is 412 g/mol. The number of nitrogens with two attached hydrogens (primary N) is 1. The Balaban J connectivity index is 0.00000280. The van der Waals surface area contributed by atoms with Crippen LogP contribution in [0.2, 0.25) is 0 Å². The van der Waals surface area contributed by atoms with Crippen molar-refractivity contribution >= 4 is 11.2 Å². The van der Waals surface area contributed by atoms with Crippen LogP contribution in [0.15, 0.2) is 32.8 Å². The molecule has 0 spiro atoms. The second-order valence-electron chi connectivity index (χ2n) is 6.31. The lowest BCUT2D eigenvalue weighted by Gasteiger charge is -2.10. The minimum Gasteiger partial charge on any atom is -1.00 e. The number of aromatic nitrogens is 5. The van der Waals surface area contributed by atoms with Gasteiger partial charge in [-0.15, -0.1) is 0 Å². The molecular formula is C16H21ClN6O5. The molecule has 3 heterocycles. The van der Waals surface area contributed by atoms with E-state index in [9.17, 15) is 24.6 Å². The average molecular weight is 413 g/mol. The molecule has 28 heavy (non-hydrogen) atoms. The van der Waals surface area contributed by atoms with Gasteiger partial charge in [0.05, 0.1) is 19.4 Å². The van der Waals surface area contributed by atoms with Gasteiger partial charge in [-0.2, -0.15) is 0 Å². The third kappa shape index (κ3) is 4.01. The minimum absolute atomic E-state index is 0. The molecule has 0 saturated heterocycles. The van der Waals surface area contributed by atoms with Gasteiger partial charge in [0.1, 0.15) is 12.6 Å². The van der Waals surface area contributed by atoms with Gasteiger partial charge < -0.3 is 32.5 Å². The molecule has 0 aliphatic carbocycles. The standard InChI is InChI=1S/C16H20N6O5.ClH/c1-20-14-13(15(26)21(2)16(20)27)22(8-18-14)4-3-17-7-10(23)9-5-11(24)19-12(25)6-9;/h5-6,8,10,17,23H,3-4,7H2,1-2H3,(H2,19,24,25);1H. The van der Waals surface area contributed by atoms with Crippen LogP contribution < -0.4 is 34.5 Å². The maximum atomic E-state index is 12.4. The normalized spacial score (nSPS) is 12.1. The van der Waals surface area contributed by atoms with E-state index in [0.717, 1.165) is 4.57 Å². The average Bonchev–Trinajstić information content (AvgIpc) is 3.04. The van der Waals surface area contributed by atoms with Gasteiger partial charge in [-0.1, -0.05) is 0 Å². The van der Waals surface area contributed by atoms with Crippen LogP contribution >= 0.6 is 0 Å². The molecular weight excluding hydrogens is 392 g/mol. The van der Waals surface area contributed by atoms with Crippen LogP contribution in [0.3, 0.4) is 0 Å². The summed E-state index contributed by atoms with van der Waals surface area (Å²) in [6.45, 7) is 1.24. The van der Waals surface area contributed by atoms with Crippen molar-refractivity contribution in [2.75, 3.05) is 13.1 Å². The lowest BCUT2D eigenvalue weighted by atomic mass is 10.1. The van der Waals surface area contributed by atoms with E-state index in [2.05, 4.69) is 9.97 Å². The Hall–Kier alpha value is -2.89. The summed E-state index contributed by atoms with van der Waals surface area (Å²) in [7, 11) is 2.97. The number of hydrogen-bond acceptors (Lipinski definition) is 6. The third-order valence-corrected chi connectivity index (χ3v) is 4.42. The fourth-order valence-corrected chi connectivity index (χ4v) is 2.95. The van der Waals surface area contributed by atoms with Crippen molar-refractivity contribution in [3.05, 3.63) is 55.2 Å². The first-order valence-corrected chi connectivity index (χ1v) is 8.33. The summed E-state index contributed by atoms with van der Waals surface area (Å²) < 4.78 is 4.02. The number of aliphatic hydroxyl groups is 1. The minimum atomic E-state index is -0.925. The van der Waals surface area contributed by atoms with Crippen LogP contribution in [-0.4, -0.2) is 47.0 Å². The van der Waals surface area contributed by atoms with Gasteiger partial charge >= 0.3 is 5.69 Å². The molecule has 3 aromatic rings. The topological polar surface area (TPSA) is 152 Å². The molecule has 0 fully saturated rings. The van der Waals surface area contributed by atoms with E-state index in [1.165, 1.54) is 30.1 Å². The first kappa shape index (κ1) is 21.4. The molecule has 152 valence electrons. The summed E-state index contributed by atoms with van der Waals surface area (Å²) in [6.07, 6.45) is 0.580. The zero-order valence-corrected chi connectivity index (χ0v) is 16.0. The van der Waals surface area contributed by atoms with E-state index in [0.29, 0.717) is 29.8 Å². The van der Waals surface area contributed by atoms with E-state index in [-0.39, 0.29) is 24.8 Å². The molecule has 0 radical (unpaired) electrons. The number of H-pyrrole nitrogens is 1. The second-order valence-corrected chi connectivity index (χ2v) is 6.31. The zero-order chi connectivity index (χ0) is 19.7. The molecule has 0 amide bonds. The number of fused-ring (bicyclic) bond motifs is 1. The molecule has 0 saturated carbocycles. The Bertz CT molecular complexity index is 1160. The number of imidazole rings is 1.